The quantitative estimate of drug-likeness (QED) is 0.212. The molecule has 29 heavy (non-hydrogen) atoms. The van der Waals surface area contributed by atoms with Crippen LogP contribution in [0.5, 0.6) is 0 Å². The minimum atomic E-state index is -1.43. The molecule has 1 saturated heterocycles. The van der Waals surface area contributed by atoms with Crippen LogP contribution >= 0.6 is 0 Å². The van der Waals surface area contributed by atoms with Crippen molar-refractivity contribution in [3.63, 3.8) is 0 Å². The first-order valence-corrected chi connectivity index (χ1v) is 14.2. The highest BCUT2D eigenvalue weighted by atomic mass is 28.4. The van der Waals surface area contributed by atoms with Crippen molar-refractivity contribution in [3.05, 3.63) is 0 Å². The topological polar surface area (TPSA) is 73.8 Å². The number of hydrogen-bond donors (Lipinski definition) is 0. The molecule has 1 aliphatic heterocycles. The van der Waals surface area contributed by atoms with Crippen molar-refractivity contribution in [2.45, 2.75) is 45.2 Å². The van der Waals surface area contributed by atoms with E-state index in [0.29, 0.717) is 79.3 Å². The normalized spacial score (nSPS) is 17.7. The van der Waals surface area contributed by atoms with E-state index in [1.54, 1.807) is 0 Å². The maximum atomic E-state index is 5.70. The van der Waals surface area contributed by atoms with Gasteiger partial charge in [-0.05, 0) is 38.9 Å². The van der Waals surface area contributed by atoms with E-state index in [1.807, 2.05) is 0 Å². The van der Waals surface area contributed by atoms with Crippen LogP contribution in [0.4, 0.5) is 0 Å². The maximum Gasteiger partial charge on any atom is 0.183 e. The van der Waals surface area contributed by atoms with Crippen LogP contribution in [0.1, 0.15) is 19.3 Å². The van der Waals surface area contributed by atoms with Gasteiger partial charge in [-0.25, -0.2) is 0 Å². The Morgan fingerprint density at radius 2 is 1.07 bits per heavy atom. The summed E-state index contributed by atoms with van der Waals surface area (Å²) in [4.78, 5) is 0. The van der Waals surface area contributed by atoms with Gasteiger partial charge in [-0.3, -0.25) is 0 Å². The first-order chi connectivity index (χ1) is 14.1. The van der Waals surface area contributed by atoms with Gasteiger partial charge in [-0.1, -0.05) is 0 Å². The maximum absolute atomic E-state index is 5.70. The van der Waals surface area contributed by atoms with Gasteiger partial charge in [0.05, 0.1) is 79.3 Å². The zero-order valence-electron chi connectivity index (χ0n) is 18.7. The van der Waals surface area contributed by atoms with E-state index in [9.17, 15) is 0 Å². The molecule has 1 rings (SSSR count). The van der Waals surface area contributed by atoms with Gasteiger partial charge in [0.1, 0.15) is 0 Å². The minimum Gasteiger partial charge on any atom is -0.415 e. The lowest BCUT2D eigenvalue weighted by atomic mass is 10.2. The van der Waals surface area contributed by atoms with Gasteiger partial charge >= 0.3 is 0 Å². The van der Waals surface area contributed by atoms with Crippen molar-refractivity contribution in [1.29, 1.82) is 0 Å². The van der Waals surface area contributed by atoms with Crippen LogP contribution in [0.2, 0.25) is 19.6 Å². The Morgan fingerprint density at radius 3 is 1.48 bits per heavy atom. The summed E-state index contributed by atoms with van der Waals surface area (Å²) in [5, 5.41) is 0. The standard InChI is InChI=1S/C20H42O8Si/c1-29(2,3)28-19-17-25-15-13-23-11-9-21-8-10-22-12-14-24-16-18-27-20-6-4-5-7-26-20/h20H,4-19H2,1-3H3. The van der Waals surface area contributed by atoms with Crippen LogP contribution in [-0.2, 0) is 37.6 Å². The zero-order chi connectivity index (χ0) is 21.0. The van der Waals surface area contributed by atoms with Crippen molar-refractivity contribution < 1.29 is 37.6 Å². The minimum absolute atomic E-state index is 0.0494. The van der Waals surface area contributed by atoms with Gasteiger partial charge in [0.2, 0.25) is 0 Å². The molecule has 9 heteroatoms. The molecular weight excluding hydrogens is 396 g/mol. The van der Waals surface area contributed by atoms with Crippen LogP contribution in [0.3, 0.4) is 0 Å². The Kier molecular flexibility index (Phi) is 17.3. The third-order valence-electron chi connectivity index (χ3n) is 3.92. The fourth-order valence-corrected chi connectivity index (χ4v) is 3.17. The molecule has 0 bridgehead atoms. The SMILES string of the molecule is C[Si](C)(C)OCCOCCOCCOCCOCCOCCOC1CCCCO1. The van der Waals surface area contributed by atoms with Crippen molar-refractivity contribution >= 4 is 8.32 Å². The van der Waals surface area contributed by atoms with E-state index in [4.69, 9.17) is 37.6 Å². The molecule has 1 atom stereocenters. The first-order valence-electron chi connectivity index (χ1n) is 10.8. The zero-order valence-corrected chi connectivity index (χ0v) is 19.7. The summed E-state index contributed by atoms with van der Waals surface area (Å²) in [6.45, 7) is 14.2. The second kappa shape index (κ2) is 18.6. The average Bonchev–Trinajstić information content (AvgIpc) is 2.69. The number of ether oxygens (including phenoxy) is 7. The van der Waals surface area contributed by atoms with Gasteiger partial charge in [-0.2, -0.15) is 0 Å². The molecular formula is C20H42O8Si. The summed E-state index contributed by atoms with van der Waals surface area (Å²) in [6.07, 6.45) is 3.24. The second-order valence-corrected chi connectivity index (χ2v) is 12.2. The van der Waals surface area contributed by atoms with Crippen molar-refractivity contribution in [1.82, 2.24) is 0 Å². The second-order valence-electron chi connectivity index (χ2n) is 7.69. The molecule has 1 unspecified atom stereocenters. The number of rotatable bonds is 20. The van der Waals surface area contributed by atoms with E-state index >= 15 is 0 Å². The summed E-state index contributed by atoms with van der Waals surface area (Å²) < 4.78 is 44.0. The molecule has 0 aromatic heterocycles. The summed E-state index contributed by atoms with van der Waals surface area (Å²) in [7, 11) is -1.43. The molecule has 1 heterocycles. The van der Waals surface area contributed by atoms with Crippen LogP contribution in [0.15, 0.2) is 0 Å². The highest BCUT2D eigenvalue weighted by molar-refractivity contribution is 6.69. The van der Waals surface area contributed by atoms with Gasteiger partial charge in [0, 0.05) is 6.61 Å². The molecule has 0 aromatic rings. The number of hydrogen-bond acceptors (Lipinski definition) is 8. The Bertz CT molecular complexity index is 348. The summed E-state index contributed by atoms with van der Waals surface area (Å²) >= 11 is 0. The van der Waals surface area contributed by atoms with Crippen molar-refractivity contribution in [2.24, 2.45) is 0 Å². The van der Waals surface area contributed by atoms with Crippen LogP contribution in [-0.4, -0.2) is 100 Å². The molecule has 8 nitrogen and oxygen atoms in total. The fraction of sp³-hybridized carbons (Fsp3) is 1.00. The molecule has 0 amide bonds. The van der Waals surface area contributed by atoms with Gasteiger partial charge < -0.3 is 37.6 Å². The fourth-order valence-electron chi connectivity index (χ4n) is 2.47. The van der Waals surface area contributed by atoms with Crippen molar-refractivity contribution in [3.8, 4) is 0 Å². The largest absolute Gasteiger partial charge is 0.415 e. The highest BCUT2D eigenvalue weighted by Crippen LogP contribution is 2.13. The summed E-state index contributed by atoms with van der Waals surface area (Å²) in [5.41, 5.74) is 0. The van der Waals surface area contributed by atoms with E-state index in [-0.39, 0.29) is 6.29 Å². The van der Waals surface area contributed by atoms with Gasteiger partial charge in [0.15, 0.2) is 14.6 Å². The Morgan fingerprint density at radius 1 is 0.621 bits per heavy atom. The van der Waals surface area contributed by atoms with Gasteiger partial charge in [-0.15, -0.1) is 0 Å². The van der Waals surface area contributed by atoms with E-state index < -0.39 is 8.32 Å². The average molecular weight is 439 g/mol. The Balaban J connectivity index is 1.66. The van der Waals surface area contributed by atoms with Gasteiger partial charge in [0.25, 0.3) is 0 Å². The molecule has 0 N–H and O–H groups in total. The van der Waals surface area contributed by atoms with Crippen molar-refractivity contribution in [2.75, 3.05) is 85.9 Å². The Hall–Kier alpha value is -0.103. The molecule has 0 aromatic carbocycles. The predicted octanol–water partition coefficient (Wildman–Crippen LogP) is 2.46. The van der Waals surface area contributed by atoms with Crippen LogP contribution in [0.25, 0.3) is 0 Å². The first kappa shape index (κ1) is 26.9. The lowest BCUT2D eigenvalue weighted by Gasteiger charge is -2.22. The lowest BCUT2D eigenvalue weighted by molar-refractivity contribution is -0.169. The molecule has 0 radical (unpaired) electrons. The lowest BCUT2D eigenvalue weighted by Crippen LogP contribution is -2.27. The molecule has 0 spiro atoms. The molecule has 0 aliphatic carbocycles. The monoisotopic (exact) mass is 438 g/mol. The van der Waals surface area contributed by atoms with Crippen LogP contribution in [0, 0.1) is 0 Å². The Labute approximate surface area is 177 Å². The molecule has 1 fully saturated rings. The predicted molar refractivity (Wildman–Crippen MR) is 113 cm³/mol. The summed E-state index contributed by atoms with van der Waals surface area (Å²) in [6, 6.07) is 0. The third kappa shape index (κ3) is 19.6. The van der Waals surface area contributed by atoms with E-state index in [1.165, 1.54) is 6.42 Å². The summed E-state index contributed by atoms with van der Waals surface area (Å²) in [5.74, 6) is 0. The molecule has 0 saturated carbocycles. The third-order valence-corrected chi connectivity index (χ3v) is 4.99. The smallest absolute Gasteiger partial charge is 0.183 e. The molecule has 174 valence electrons. The van der Waals surface area contributed by atoms with Crippen LogP contribution < -0.4 is 0 Å². The van der Waals surface area contributed by atoms with E-state index in [0.717, 1.165) is 19.4 Å². The highest BCUT2D eigenvalue weighted by Gasteiger charge is 2.13. The molecule has 1 aliphatic rings. The van der Waals surface area contributed by atoms with E-state index in [2.05, 4.69) is 19.6 Å².